The maximum Gasteiger partial charge on any atom is 0.472 e. The average molecular weight is 833 g/mol. The molecule has 0 saturated carbocycles. The second-order valence-electron chi connectivity index (χ2n) is 16.1. The number of aliphatic hydroxyl groups is 2. The lowest BCUT2D eigenvalue weighted by Crippen LogP contribution is -2.29. The number of hydrogen-bond donors (Lipinski definition) is 3. The zero-order valence-corrected chi connectivity index (χ0v) is 37.7. The molecule has 1 unspecified atom stereocenters. The molecule has 0 amide bonds. The third kappa shape index (κ3) is 42.6. The first kappa shape index (κ1) is 55.7. The molecule has 0 aliphatic heterocycles. The van der Waals surface area contributed by atoms with Gasteiger partial charge in [-0.25, -0.2) is 4.57 Å². The number of carbonyl (C=O) groups is 2. The molecule has 0 heterocycles. The number of hydrogen-bond acceptors (Lipinski definition) is 9. The van der Waals surface area contributed by atoms with Crippen molar-refractivity contribution in [2.24, 2.45) is 0 Å². The molecule has 0 rings (SSSR count). The fourth-order valence-corrected chi connectivity index (χ4v) is 7.54. The molecule has 0 radical (unpaired) electrons. The van der Waals surface area contributed by atoms with Gasteiger partial charge in [0.25, 0.3) is 0 Å². The minimum Gasteiger partial charge on any atom is -0.462 e. The minimum atomic E-state index is -4.62. The molecule has 0 bridgehead atoms. The average Bonchev–Trinajstić information content (AvgIpc) is 3.20. The highest BCUT2D eigenvalue weighted by Gasteiger charge is 2.27. The predicted molar refractivity (Wildman–Crippen MR) is 233 cm³/mol. The molecule has 57 heavy (non-hydrogen) atoms. The van der Waals surface area contributed by atoms with Gasteiger partial charge in [-0.1, -0.05) is 193 Å². The lowest BCUT2D eigenvalue weighted by Gasteiger charge is -2.20. The maximum absolute atomic E-state index is 12.6. The standard InChI is InChI=1S/C46H89O10P/c1-3-5-7-9-11-13-15-17-19-21-23-25-27-29-31-33-35-37-45(49)53-41-44(42-55-57(51,52)54-40-43(48)39-47)56-46(50)38-36-34-32-30-28-26-24-22-20-18-16-14-12-10-8-6-4-2/h18,20,43-44,47-48H,3-17,19,21-42H2,1-2H3,(H,51,52)/b20-18-/t43-,44+/m0/s1. The van der Waals surface area contributed by atoms with Gasteiger partial charge in [0, 0.05) is 12.8 Å². The normalized spacial score (nSPS) is 13.8. The predicted octanol–water partition coefficient (Wildman–Crippen LogP) is 12.8. The second kappa shape index (κ2) is 42.8. The molecule has 0 aromatic carbocycles. The summed E-state index contributed by atoms with van der Waals surface area (Å²) in [4.78, 5) is 35.1. The summed E-state index contributed by atoms with van der Waals surface area (Å²) in [5.74, 6) is -0.916. The number of aliphatic hydroxyl groups excluding tert-OH is 2. The summed E-state index contributed by atoms with van der Waals surface area (Å²) in [5.41, 5.74) is 0. The molecular formula is C46H89O10P. The molecule has 0 saturated heterocycles. The molecule has 10 nitrogen and oxygen atoms in total. The van der Waals surface area contributed by atoms with Crippen LogP contribution in [-0.4, -0.2) is 65.7 Å². The quantitative estimate of drug-likeness (QED) is 0.0234. The van der Waals surface area contributed by atoms with Gasteiger partial charge in [0.2, 0.25) is 0 Å². The summed E-state index contributed by atoms with van der Waals surface area (Å²) >= 11 is 0. The van der Waals surface area contributed by atoms with Crippen LogP contribution < -0.4 is 0 Å². The van der Waals surface area contributed by atoms with Gasteiger partial charge in [-0.05, 0) is 38.5 Å². The van der Waals surface area contributed by atoms with Gasteiger partial charge >= 0.3 is 19.8 Å². The molecule has 0 aromatic rings. The Kier molecular flexibility index (Phi) is 41.9. The fourth-order valence-electron chi connectivity index (χ4n) is 6.75. The van der Waals surface area contributed by atoms with E-state index < -0.39 is 51.8 Å². The number of allylic oxidation sites excluding steroid dienone is 2. The number of phosphoric ester groups is 1. The Morgan fingerprint density at radius 3 is 1.26 bits per heavy atom. The lowest BCUT2D eigenvalue weighted by atomic mass is 10.0. The number of carbonyl (C=O) groups excluding carboxylic acids is 2. The number of phosphoric acid groups is 1. The SMILES string of the molecule is CCCCCCCC/C=C\CCCCCCCCCC(=O)O[C@H](COC(=O)CCCCCCCCCCCCCCCCCCC)COP(=O)(O)OC[C@@H](O)CO. The monoisotopic (exact) mass is 833 g/mol. The Bertz CT molecular complexity index is 961. The van der Waals surface area contributed by atoms with Crippen molar-refractivity contribution in [1.29, 1.82) is 0 Å². The van der Waals surface area contributed by atoms with Gasteiger partial charge in [-0.3, -0.25) is 18.6 Å². The van der Waals surface area contributed by atoms with Gasteiger partial charge < -0.3 is 24.6 Å². The number of esters is 2. The van der Waals surface area contributed by atoms with E-state index in [4.69, 9.17) is 23.6 Å². The van der Waals surface area contributed by atoms with Crippen molar-refractivity contribution in [3.63, 3.8) is 0 Å². The zero-order valence-electron chi connectivity index (χ0n) is 36.8. The van der Waals surface area contributed by atoms with Crippen LogP contribution in [0.5, 0.6) is 0 Å². The molecule has 3 N–H and O–H groups in total. The van der Waals surface area contributed by atoms with E-state index in [9.17, 15) is 24.2 Å². The van der Waals surface area contributed by atoms with Gasteiger partial charge in [0.05, 0.1) is 19.8 Å². The van der Waals surface area contributed by atoms with Gasteiger partial charge in [-0.2, -0.15) is 0 Å². The summed E-state index contributed by atoms with van der Waals surface area (Å²) in [7, 11) is -4.62. The molecule has 11 heteroatoms. The lowest BCUT2D eigenvalue weighted by molar-refractivity contribution is -0.161. The van der Waals surface area contributed by atoms with Crippen LogP contribution in [-0.2, 0) is 32.7 Å². The van der Waals surface area contributed by atoms with E-state index in [2.05, 4.69) is 26.0 Å². The smallest absolute Gasteiger partial charge is 0.462 e. The molecule has 3 atom stereocenters. The highest BCUT2D eigenvalue weighted by atomic mass is 31.2. The van der Waals surface area contributed by atoms with Crippen molar-refractivity contribution in [2.45, 2.75) is 244 Å². The molecule has 338 valence electrons. The Labute approximate surface area is 349 Å². The molecule has 0 aromatic heterocycles. The van der Waals surface area contributed by atoms with E-state index in [0.29, 0.717) is 12.8 Å². The van der Waals surface area contributed by atoms with Crippen molar-refractivity contribution in [3.05, 3.63) is 12.2 Å². The van der Waals surface area contributed by atoms with E-state index in [0.717, 1.165) is 44.9 Å². The highest BCUT2D eigenvalue weighted by Crippen LogP contribution is 2.43. The van der Waals surface area contributed by atoms with E-state index in [1.54, 1.807) is 0 Å². The van der Waals surface area contributed by atoms with Gasteiger partial charge in [-0.15, -0.1) is 0 Å². The Morgan fingerprint density at radius 2 is 0.860 bits per heavy atom. The van der Waals surface area contributed by atoms with Crippen molar-refractivity contribution >= 4 is 19.8 Å². The summed E-state index contributed by atoms with van der Waals surface area (Å²) in [6.45, 7) is 2.41. The van der Waals surface area contributed by atoms with E-state index >= 15 is 0 Å². The van der Waals surface area contributed by atoms with Crippen LogP contribution in [0.1, 0.15) is 232 Å². The highest BCUT2D eigenvalue weighted by molar-refractivity contribution is 7.47. The third-order valence-corrected chi connectivity index (χ3v) is 11.4. The molecule has 0 aliphatic rings. The van der Waals surface area contributed by atoms with Crippen molar-refractivity contribution < 1.29 is 47.8 Å². The third-order valence-electron chi connectivity index (χ3n) is 10.4. The summed E-state index contributed by atoms with van der Waals surface area (Å²) in [6.07, 6.45) is 41.7. The zero-order chi connectivity index (χ0) is 41.9. The van der Waals surface area contributed by atoms with Crippen molar-refractivity contribution in [3.8, 4) is 0 Å². The van der Waals surface area contributed by atoms with Crippen LogP contribution in [0.3, 0.4) is 0 Å². The van der Waals surface area contributed by atoms with Crippen LogP contribution >= 0.6 is 7.82 Å². The molecule has 0 spiro atoms. The Morgan fingerprint density at radius 1 is 0.509 bits per heavy atom. The number of rotatable bonds is 45. The topological polar surface area (TPSA) is 149 Å². The number of ether oxygens (including phenoxy) is 2. The minimum absolute atomic E-state index is 0.184. The first-order chi connectivity index (χ1) is 27.7. The summed E-state index contributed by atoms with van der Waals surface area (Å²) < 4.78 is 32.8. The summed E-state index contributed by atoms with van der Waals surface area (Å²) in [6, 6.07) is 0. The van der Waals surface area contributed by atoms with Crippen LogP contribution in [0.4, 0.5) is 0 Å². The summed E-state index contributed by atoms with van der Waals surface area (Å²) in [5, 5.41) is 18.4. The van der Waals surface area contributed by atoms with Crippen LogP contribution in [0.15, 0.2) is 12.2 Å². The second-order valence-corrected chi connectivity index (χ2v) is 17.6. The van der Waals surface area contributed by atoms with E-state index in [1.165, 1.54) is 148 Å². The molecule has 0 fully saturated rings. The van der Waals surface area contributed by atoms with Crippen LogP contribution in [0, 0.1) is 0 Å². The van der Waals surface area contributed by atoms with Gasteiger partial charge in [0.15, 0.2) is 6.10 Å². The fraction of sp³-hybridized carbons (Fsp3) is 0.913. The van der Waals surface area contributed by atoms with Gasteiger partial charge in [0.1, 0.15) is 12.7 Å². The van der Waals surface area contributed by atoms with Crippen LogP contribution in [0.2, 0.25) is 0 Å². The van der Waals surface area contributed by atoms with E-state index in [1.807, 2.05) is 0 Å². The Hall–Kier alpha value is -1.29. The Balaban J connectivity index is 4.21. The van der Waals surface area contributed by atoms with Crippen molar-refractivity contribution in [2.75, 3.05) is 26.4 Å². The number of unbranched alkanes of at least 4 members (excludes halogenated alkanes) is 29. The van der Waals surface area contributed by atoms with Crippen molar-refractivity contribution in [1.82, 2.24) is 0 Å². The largest absolute Gasteiger partial charge is 0.472 e. The molecule has 0 aliphatic carbocycles. The first-order valence-corrected chi connectivity index (χ1v) is 25.1. The van der Waals surface area contributed by atoms with Crippen LogP contribution in [0.25, 0.3) is 0 Å². The van der Waals surface area contributed by atoms with E-state index in [-0.39, 0.29) is 19.4 Å². The molecular weight excluding hydrogens is 743 g/mol. The first-order valence-electron chi connectivity index (χ1n) is 23.6. The maximum atomic E-state index is 12.6.